The summed E-state index contributed by atoms with van der Waals surface area (Å²) in [5.74, 6) is 0.251. The number of aromatic nitrogens is 1. The lowest BCUT2D eigenvalue weighted by atomic mass is 9.92. The fourth-order valence-corrected chi connectivity index (χ4v) is 5.71. The van der Waals surface area contributed by atoms with Gasteiger partial charge in [-0.05, 0) is 31.1 Å². The Kier molecular flexibility index (Phi) is 6.78. The SMILES string of the molecule is CN=CC=C(N)C1=C(CN2C3CCC2COC3)NC(c2nccs2)=N[C@H]1c1ccc(F)cc1Cl. The molecule has 5 rings (SSSR count). The monoisotopic (exact) mass is 500 g/mol. The van der Waals surface area contributed by atoms with Gasteiger partial charge in [-0.2, -0.15) is 0 Å². The quantitative estimate of drug-likeness (QED) is 0.591. The van der Waals surface area contributed by atoms with Crippen molar-refractivity contribution in [3.8, 4) is 0 Å². The number of hydrogen-bond acceptors (Lipinski definition) is 8. The molecule has 2 fully saturated rings. The summed E-state index contributed by atoms with van der Waals surface area (Å²) in [7, 11) is 1.69. The number of aliphatic imine (C=N–C) groups is 2. The molecule has 7 nitrogen and oxygen atoms in total. The second-order valence-corrected chi connectivity index (χ2v) is 9.83. The number of nitrogens with zero attached hydrogens (tertiary/aromatic N) is 4. The van der Waals surface area contributed by atoms with Gasteiger partial charge in [-0.3, -0.25) is 14.9 Å². The minimum Gasteiger partial charge on any atom is -0.398 e. The number of thiazole rings is 1. The number of rotatable bonds is 6. The van der Waals surface area contributed by atoms with Crippen molar-refractivity contribution in [2.24, 2.45) is 15.7 Å². The Morgan fingerprint density at radius 3 is 2.85 bits per heavy atom. The predicted molar refractivity (Wildman–Crippen MR) is 134 cm³/mol. The standard InChI is InChI=1S/C24H26ClFN6OS/c1-28-7-6-19(27)21-20(11-32-15-3-4-16(32)13-33-12-15)30-23(24-29-8-9-34-24)31-22(21)17-5-2-14(26)10-18(17)25/h2,5-10,15-16,22H,3-4,11-13,27H2,1H3,(H,30,31)/t15?,16?,22-/m0/s1. The van der Waals surface area contributed by atoms with Gasteiger partial charge in [0.2, 0.25) is 0 Å². The van der Waals surface area contributed by atoms with Gasteiger partial charge in [0.1, 0.15) is 11.9 Å². The van der Waals surface area contributed by atoms with Gasteiger partial charge in [0.05, 0.1) is 13.2 Å². The molecule has 2 bridgehead atoms. The van der Waals surface area contributed by atoms with E-state index in [4.69, 9.17) is 27.1 Å². The van der Waals surface area contributed by atoms with Crippen LogP contribution >= 0.6 is 22.9 Å². The maximum Gasteiger partial charge on any atom is 0.163 e. The highest BCUT2D eigenvalue weighted by molar-refractivity contribution is 7.11. The van der Waals surface area contributed by atoms with E-state index >= 15 is 0 Å². The summed E-state index contributed by atoms with van der Waals surface area (Å²) in [4.78, 5) is 16.0. The molecule has 3 aliphatic heterocycles. The second-order valence-electron chi connectivity index (χ2n) is 8.52. The van der Waals surface area contributed by atoms with Crippen LogP contribution in [0.1, 0.15) is 29.5 Å². The zero-order chi connectivity index (χ0) is 23.7. The van der Waals surface area contributed by atoms with Crippen LogP contribution in [-0.2, 0) is 4.74 Å². The molecule has 0 radical (unpaired) electrons. The summed E-state index contributed by atoms with van der Waals surface area (Å²) >= 11 is 8.02. The van der Waals surface area contributed by atoms with Crippen molar-refractivity contribution < 1.29 is 9.13 Å². The molecule has 1 aromatic carbocycles. The van der Waals surface area contributed by atoms with Crippen molar-refractivity contribution in [2.45, 2.75) is 31.0 Å². The summed E-state index contributed by atoms with van der Waals surface area (Å²) in [5, 5.41) is 6.50. The van der Waals surface area contributed by atoms with Crippen molar-refractivity contribution in [3.63, 3.8) is 0 Å². The topological polar surface area (TPSA) is 88.1 Å². The first-order valence-electron chi connectivity index (χ1n) is 11.2. The third-order valence-electron chi connectivity index (χ3n) is 6.46. The average Bonchev–Trinajstić information content (AvgIpc) is 3.42. The van der Waals surface area contributed by atoms with Crippen LogP contribution in [0, 0.1) is 5.82 Å². The lowest BCUT2D eigenvalue weighted by molar-refractivity contribution is -0.0102. The molecule has 10 heteroatoms. The predicted octanol–water partition coefficient (Wildman–Crippen LogP) is 3.69. The van der Waals surface area contributed by atoms with Gasteiger partial charge in [0.25, 0.3) is 0 Å². The first-order chi connectivity index (χ1) is 16.5. The number of nitrogens with one attached hydrogen (secondary N) is 1. The molecule has 34 heavy (non-hydrogen) atoms. The maximum absolute atomic E-state index is 13.9. The Hall–Kier alpha value is -2.59. The fourth-order valence-electron chi connectivity index (χ4n) is 4.85. The number of morpholine rings is 1. The number of benzene rings is 1. The molecule has 2 saturated heterocycles. The molecule has 178 valence electrons. The van der Waals surface area contributed by atoms with E-state index in [1.807, 2.05) is 5.38 Å². The summed E-state index contributed by atoms with van der Waals surface area (Å²) < 4.78 is 19.7. The van der Waals surface area contributed by atoms with Gasteiger partial charge in [0.15, 0.2) is 10.8 Å². The number of nitrogens with two attached hydrogens (primary N) is 1. The van der Waals surface area contributed by atoms with Crippen LogP contribution in [0.3, 0.4) is 0 Å². The molecule has 3 atom stereocenters. The summed E-state index contributed by atoms with van der Waals surface area (Å²) in [6, 6.07) is 4.59. The highest BCUT2D eigenvalue weighted by Gasteiger charge is 2.39. The van der Waals surface area contributed by atoms with Crippen LogP contribution < -0.4 is 11.1 Å². The van der Waals surface area contributed by atoms with Gasteiger partial charge in [-0.15, -0.1) is 11.3 Å². The maximum atomic E-state index is 13.9. The average molecular weight is 501 g/mol. The molecular formula is C24H26ClFN6OS. The number of amidine groups is 1. The van der Waals surface area contributed by atoms with Crippen LogP contribution in [0.15, 0.2) is 62.8 Å². The van der Waals surface area contributed by atoms with Crippen LogP contribution in [0.25, 0.3) is 0 Å². The molecule has 2 unspecified atom stereocenters. The molecule has 3 aliphatic rings. The first kappa shape index (κ1) is 23.2. The van der Waals surface area contributed by atoms with Crippen molar-refractivity contribution in [1.82, 2.24) is 15.2 Å². The molecule has 0 spiro atoms. The smallest absolute Gasteiger partial charge is 0.163 e. The molecule has 2 aromatic rings. The molecule has 4 heterocycles. The Balaban J connectivity index is 1.64. The third-order valence-corrected chi connectivity index (χ3v) is 7.57. The van der Waals surface area contributed by atoms with Gasteiger partial charge in [-0.1, -0.05) is 17.7 Å². The number of fused-ring (bicyclic) bond motifs is 2. The van der Waals surface area contributed by atoms with Gasteiger partial charge < -0.3 is 15.8 Å². The van der Waals surface area contributed by atoms with Crippen LogP contribution in [-0.4, -0.2) is 60.8 Å². The number of hydrogen-bond donors (Lipinski definition) is 2. The van der Waals surface area contributed by atoms with Gasteiger partial charge in [-0.25, -0.2) is 9.37 Å². The highest BCUT2D eigenvalue weighted by atomic mass is 35.5. The first-order valence-corrected chi connectivity index (χ1v) is 12.5. The minimum absolute atomic E-state index is 0.300. The van der Waals surface area contributed by atoms with E-state index in [1.54, 1.807) is 31.6 Å². The number of ether oxygens (including phenoxy) is 1. The van der Waals surface area contributed by atoms with E-state index in [0.717, 1.165) is 42.3 Å². The molecular weight excluding hydrogens is 475 g/mol. The fraction of sp³-hybridized carbons (Fsp3) is 0.375. The molecule has 0 saturated carbocycles. The number of allylic oxidation sites excluding steroid dienone is 1. The van der Waals surface area contributed by atoms with Crippen molar-refractivity contribution >= 4 is 35.0 Å². The van der Waals surface area contributed by atoms with E-state index in [2.05, 4.69) is 20.2 Å². The molecule has 0 amide bonds. The van der Waals surface area contributed by atoms with Crippen LogP contribution in [0.4, 0.5) is 4.39 Å². The molecule has 0 aliphatic carbocycles. The lowest BCUT2D eigenvalue weighted by Crippen LogP contribution is -2.49. The minimum atomic E-state index is -0.525. The largest absolute Gasteiger partial charge is 0.398 e. The van der Waals surface area contributed by atoms with Crippen molar-refractivity contribution in [3.05, 3.63) is 74.2 Å². The Morgan fingerprint density at radius 2 is 2.18 bits per heavy atom. The van der Waals surface area contributed by atoms with E-state index in [-0.39, 0.29) is 0 Å². The Bertz CT molecular complexity index is 1160. The van der Waals surface area contributed by atoms with Crippen molar-refractivity contribution in [2.75, 3.05) is 26.8 Å². The van der Waals surface area contributed by atoms with Crippen LogP contribution in [0.5, 0.6) is 0 Å². The highest BCUT2D eigenvalue weighted by Crippen LogP contribution is 2.39. The van der Waals surface area contributed by atoms with E-state index in [9.17, 15) is 4.39 Å². The van der Waals surface area contributed by atoms with Gasteiger partial charge in [0, 0.05) is 71.0 Å². The summed E-state index contributed by atoms with van der Waals surface area (Å²) in [5.41, 5.74) is 9.56. The summed E-state index contributed by atoms with van der Waals surface area (Å²) in [6.07, 6.45) is 7.39. The van der Waals surface area contributed by atoms with Crippen LogP contribution in [0.2, 0.25) is 5.02 Å². The normalized spacial score (nSPS) is 25.7. The van der Waals surface area contributed by atoms with Gasteiger partial charge >= 0.3 is 0 Å². The zero-order valence-corrected chi connectivity index (χ0v) is 20.3. The molecule has 1 aromatic heterocycles. The zero-order valence-electron chi connectivity index (χ0n) is 18.7. The second kappa shape index (κ2) is 9.95. The summed E-state index contributed by atoms with van der Waals surface area (Å²) in [6.45, 7) is 2.12. The lowest BCUT2D eigenvalue weighted by Gasteiger charge is -2.37. The number of halogens is 2. The Morgan fingerprint density at radius 1 is 1.38 bits per heavy atom. The third kappa shape index (κ3) is 4.53. The van der Waals surface area contributed by atoms with E-state index < -0.39 is 11.9 Å². The van der Waals surface area contributed by atoms with Crippen molar-refractivity contribution in [1.29, 1.82) is 0 Å². The van der Waals surface area contributed by atoms with E-state index in [0.29, 0.717) is 40.7 Å². The Labute approximate surface area is 206 Å². The van der Waals surface area contributed by atoms with E-state index in [1.165, 1.54) is 23.5 Å². The molecule has 3 N–H and O–H groups in total.